The monoisotopic (exact) mass is 287 g/mol. The molecule has 5 nitrogen and oxygen atoms in total. The predicted molar refractivity (Wildman–Crippen MR) is 80.1 cm³/mol. The van der Waals surface area contributed by atoms with E-state index in [0.29, 0.717) is 18.3 Å². The Labute approximate surface area is 124 Å². The van der Waals surface area contributed by atoms with Crippen molar-refractivity contribution in [3.63, 3.8) is 0 Å². The quantitative estimate of drug-likeness (QED) is 0.936. The van der Waals surface area contributed by atoms with Crippen molar-refractivity contribution in [2.24, 2.45) is 0 Å². The molecule has 1 N–H and O–H groups in total. The molecule has 1 aliphatic rings. The maximum absolute atomic E-state index is 5.63. The van der Waals surface area contributed by atoms with E-state index >= 15 is 0 Å². The molecular formula is C16H21N3O2. The zero-order valence-corrected chi connectivity index (χ0v) is 12.6. The molecule has 2 aromatic rings. The Bertz CT molecular complexity index is 603. The van der Waals surface area contributed by atoms with Crippen LogP contribution >= 0.6 is 0 Å². The molecule has 1 aromatic heterocycles. The summed E-state index contributed by atoms with van der Waals surface area (Å²) >= 11 is 0. The molecule has 0 bridgehead atoms. The molecule has 3 rings (SSSR count). The van der Waals surface area contributed by atoms with Gasteiger partial charge in [-0.25, -0.2) is 0 Å². The second kappa shape index (κ2) is 5.85. The van der Waals surface area contributed by atoms with Gasteiger partial charge in [0.1, 0.15) is 5.75 Å². The standard InChI is InChI=1S/C16H21N3O2/c1-3-20-13-9-5-4-8-12(13)14-18-15(21-19-14)16(2)10-6-7-11-17-16/h4-5,8-9,17H,3,6-7,10-11H2,1-2H3. The van der Waals surface area contributed by atoms with Crippen LogP contribution in [0.15, 0.2) is 28.8 Å². The molecule has 1 atom stereocenters. The van der Waals surface area contributed by atoms with Gasteiger partial charge in [-0.1, -0.05) is 17.3 Å². The molecule has 0 saturated carbocycles. The summed E-state index contributed by atoms with van der Waals surface area (Å²) < 4.78 is 11.1. The predicted octanol–water partition coefficient (Wildman–Crippen LogP) is 3.12. The average molecular weight is 287 g/mol. The van der Waals surface area contributed by atoms with Crippen LogP contribution in [0.5, 0.6) is 5.75 Å². The van der Waals surface area contributed by atoms with E-state index in [1.54, 1.807) is 0 Å². The van der Waals surface area contributed by atoms with E-state index in [1.807, 2.05) is 31.2 Å². The largest absolute Gasteiger partial charge is 0.493 e. The number of hydrogen-bond donors (Lipinski definition) is 1. The van der Waals surface area contributed by atoms with Crippen molar-refractivity contribution in [1.82, 2.24) is 15.5 Å². The van der Waals surface area contributed by atoms with Crippen molar-refractivity contribution in [2.75, 3.05) is 13.2 Å². The topological polar surface area (TPSA) is 60.2 Å². The van der Waals surface area contributed by atoms with E-state index in [-0.39, 0.29) is 5.54 Å². The molecule has 21 heavy (non-hydrogen) atoms. The lowest BCUT2D eigenvalue weighted by Crippen LogP contribution is -2.43. The van der Waals surface area contributed by atoms with Crippen LogP contribution in [0.25, 0.3) is 11.4 Å². The SMILES string of the molecule is CCOc1ccccc1-c1noc(C2(C)CCCCN2)n1. The zero-order valence-electron chi connectivity index (χ0n) is 12.6. The molecule has 1 saturated heterocycles. The summed E-state index contributed by atoms with van der Waals surface area (Å²) in [6.07, 6.45) is 3.39. The van der Waals surface area contributed by atoms with E-state index < -0.39 is 0 Å². The minimum Gasteiger partial charge on any atom is -0.493 e. The summed E-state index contributed by atoms with van der Waals surface area (Å²) in [6, 6.07) is 7.78. The highest BCUT2D eigenvalue weighted by atomic mass is 16.5. The van der Waals surface area contributed by atoms with Gasteiger partial charge in [0.25, 0.3) is 0 Å². The molecule has 0 amide bonds. The maximum Gasteiger partial charge on any atom is 0.246 e. The van der Waals surface area contributed by atoms with Gasteiger partial charge in [0.2, 0.25) is 11.7 Å². The summed E-state index contributed by atoms with van der Waals surface area (Å²) in [4.78, 5) is 4.60. The van der Waals surface area contributed by atoms with Crippen LogP contribution in [-0.4, -0.2) is 23.3 Å². The highest BCUT2D eigenvalue weighted by molar-refractivity contribution is 5.63. The summed E-state index contributed by atoms with van der Waals surface area (Å²) in [5.41, 5.74) is 0.651. The minimum absolute atomic E-state index is 0.218. The van der Waals surface area contributed by atoms with Crippen molar-refractivity contribution >= 4 is 0 Å². The lowest BCUT2D eigenvalue weighted by atomic mass is 9.91. The Kier molecular flexibility index (Phi) is 3.92. The smallest absolute Gasteiger partial charge is 0.246 e. The summed E-state index contributed by atoms with van der Waals surface area (Å²) in [5, 5.41) is 7.63. The first-order chi connectivity index (χ1) is 10.2. The van der Waals surface area contributed by atoms with Crippen molar-refractivity contribution in [1.29, 1.82) is 0 Å². The lowest BCUT2D eigenvalue weighted by molar-refractivity contribution is 0.207. The number of benzene rings is 1. The van der Waals surface area contributed by atoms with Gasteiger partial charge in [-0.15, -0.1) is 0 Å². The number of nitrogens with one attached hydrogen (secondary N) is 1. The number of nitrogens with zero attached hydrogens (tertiary/aromatic N) is 2. The van der Waals surface area contributed by atoms with E-state index in [1.165, 1.54) is 12.8 Å². The summed E-state index contributed by atoms with van der Waals surface area (Å²) in [6.45, 7) is 5.69. The molecule has 1 aliphatic heterocycles. The Morgan fingerprint density at radius 1 is 1.33 bits per heavy atom. The van der Waals surface area contributed by atoms with E-state index in [9.17, 15) is 0 Å². The fraction of sp³-hybridized carbons (Fsp3) is 0.500. The van der Waals surface area contributed by atoms with Gasteiger partial charge < -0.3 is 14.6 Å². The Hall–Kier alpha value is -1.88. The van der Waals surface area contributed by atoms with E-state index in [2.05, 4.69) is 22.4 Å². The van der Waals surface area contributed by atoms with Crippen molar-refractivity contribution in [3.8, 4) is 17.1 Å². The Balaban J connectivity index is 1.91. The van der Waals surface area contributed by atoms with Crippen LogP contribution in [-0.2, 0) is 5.54 Å². The maximum atomic E-state index is 5.63. The zero-order chi connectivity index (χ0) is 14.7. The number of piperidine rings is 1. The molecule has 1 aromatic carbocycles. The van der Waals surface area contributed by atoms with Gasteiger partial charge >= 0.3 is 0 Å². The van der Waals surface area contributed by atoms with Crippen LogP contribution in [0.1, 0.15) is 39.0 Å². The summed E-state index contributed by atoms with van der Waals surface area (Å²) in [5.74, 6) is 2.03. The van der Waals surface area contributed by atoms with Crippen LogP contribution in [0.2, 0.25) is 0 Å². The Morgan fingerprint density at radius 3 is 2.95 bits per heavy atom. The Morgan fingerprint density at radius 2 is 2.19 bits per heavy atom. The highest BCUT2D eigenvalue weighted by Gasteiger charge is 2.34. The molecule has 1 fully saturated rings. The third kappa shape index (κ3) is 2.78. The number of hydrogen-bond acceptors (Lipinski definition) is 5. The molecular weight excluding hydrogens is 266 g/mol. The fourth-order valence-corrected chi connectivity index (χ4v) is 2.73. The molecule has 5 heteroatoms. The van der Waals surface area contributed by atoms with Crippen LogP contribution < -0.4 is 10.1 Å². The first-order valence-corrected chi connectivity index (χ1v) is 7.54. The molecule has 0 aliphatic carbocycles. The molecule has 1 unspecified atom stereocenters. The molecule has 112 valence electrons. The second-order valence-corrected chi connectivity index (χ2v) is 5.57. The highest BCUT2D eigenvalue weighted by Crippen LogP contribution is 2.32. The molecule has 2 heterocycles. The van der Waals surface area contributed by atoms with Crippen molar-refractivity contribution in [2.45, 2.75) is 38.6 Å². The fourth-order valence-electron chi connectivity index (χ4n) is 2.73. The average Bonchev–Trinajstić information content (AvgIpc) is 2.99. The lowest BCUT2D eigenvalue weighted by Gasteiger charge is -2.31. The van der Waals surface area contributed by atoms with Crippen LogP contribution in [0.3, 0.4) is 0 Å². The first kappa shape index (κ1) is 14.1. The number of rotatable bonds is 4. The van der Waals surface area contributed by atoms with Gasteiger partial charge in [0, 0.05) is 0 Å². The van der Waals surface area contributed by atoms with Gasteiger partial charge in [0.05, 0.1) is 17.7 Å². The first-order valence-electron chi connectivity index (χ1n) is 7.54. The van der Waals surface area contributed by atoms with Gasteiger partial charge in [-0.2, -0.15) is 4.98 Å². The van der Waals surface area contributed by atoms with Gasteiger partial charge in [-0.3, -0.25) is 0 Å². The van der Waals surface area contributed by atoms with Gasteiger partial charge in [0.15, 0.2) is 0 Å². The molecule has 0 spiro atoms. The van der Waals surface area contributed by atoms with E-state index in [4.69, 9.17) is 9.26 Å². The van der Waals surface area contributed by atoms with Crippen molar-refractivity contribution in [3.05, 3.63) is 30.2 Å². The van der Waals surface area contributed by atoms with Crippen molar-refractivity contribution < 1.29 is 9.26 Å². The van der Waals surface area contributed by atoms with Crippen LogP contribution in [0, 0.1) is 0 Å². The van der Waals surface area contributed by atoms with Gasteiger partial charge in [-0.05, 0) is 51.8 Å². The number of ether oxygens (including phenoxy) is 1. The summed E-state index contributed by atoms with van der Waals surface area (Å²) in [7, 11) is 0. The number of para-hydroxylation sites is 1. The van der Waals surface area contributed by atoms with Crippen LogP contribution in [0.4, 0.5) is 0 Å². The third-order valence-electron chi connectivity index (χ3n) is 3.94. The third-order valence-corrected chi connectivity index (χ3v) is 3.94. The minimum atomic E-state index is -0.218. The second-order valence-electron chi connectivity index (χ2n) is 5.57. The molecule has 0 radical (unpaired) electrons. The normalized spacial score (nSPS) is 22.2. The number of aromatic nitrogens is 2. The van der Waals surface area contributed by atoms with E-state index in [0.717, 1.165) is 24.3 Å².